The minimum absolute atomic E-state index is 0.143. The highest BCUT2D eigenvalue weighted by Gasteiger charge is 2.24. The highest BCUT2D eigenvalue weighted by atomic mass is 32.2. The van der Waals surface area contributed by atoms with E-state index < -0.39 is 9.84 Å². The number of anilines is 1. The van der Waals surface area contributed by atoms with Crippen molar-refractivity contribution in [1.82, 2.24) is 5.32 Å². The molecule has 0 amide bonds. The van der Waals surface area contributed by atoms with Gasteiger partial charge in [0.05, 0.1) is 11.4 Å². The van der Waals surface area contributed by atoms with Crippen molar-refractivity contribution in [3.63, 3.8) is 0 Å². The number of hydrogen-bond donors (Lipinski definition) is 1. The first-order valence-electron chi connectivity index (χ1n) is 8.41. The minimum Gasteiger partial charge on any atom is -0.489 e. The maximum Gasteiger partial charge on any atom is 0.175 e. The molecule has 0 bridgehead atoms. The van der Waals surface area contributed by atoms with Crippen LogP contribution in [0.2, 0.25) is 0 Å². The van der Waals surface area contributed by atoms with E-state index >= 15 is 0 Å². The van der Waals surface area contributed by atoms with Crippen molar-refractivity contribution >= 4 is 15.5 Å². The van der Waals surface area contributed by atoms with Gasteiger partial charge in [0.2, 0.25) is 0 Å². The number of nitrogens with zero attached hydrogens (tertiary/aromatic N) is 1. The first-order valence-corrected chi connectivity index (χ1v) is 10.3. The molecule has 0 saturated carbocycles. The average Bonchev–Trinajstić information content (AvgIpc) is 3.05. The molecular formula is C19H24N2O3S. The van der Waals surface area contributed by atoms with Crippen molar-refractivity contribution in [2.45, 2.75) is 24.0 Å². The molecule has 1 fully saturated rings. The summed E-state index contributed by atoms with van der Waals surface area (Å²) in [4.78, 5) is 2.58. The third kappa shape index (κ3) is 4.52. The third-order valence-electron chi connectivity index (χ3n) is 4.38. The summed E-state index contributed by atoms with van der Waals surface area (Å²) in [5.41, 5.74) is 2.26. The Kier molecular flexibility index (Phi) is 5.30. The molecule has 1 aliphatic heterocycles. The number of nitrogens with one attached hydrogen (secondary N) is 1. The van der Waals surface area contributed by atoms with Gasteiger partial charge >= 0.3 is 0 Å². The standard InChI is InChI=1S/C19H24N2O3S/c1-20-13-15-3-7-17(8-4-15)24-18-11-12-21(14-18)16-5-9-19(10-6-16)25(2,22)23/h3-10,18,20H,11-14H2,1-2H3. The molecule has 0 radical (unpaired) electrons. The zero-order valence-corrected chi connectivity index (χ0v) is 15.4. The number of hydrogen-bond acceptors (Lipinski definition) is 5. The molecule has 0 aliphatic carbocycles. The summed E-state index contributed by atoms with van der Waals surface area (Å²) in [6, 6.07) is 15.2. The lowest BCUT2D eigenvalue weighted by molar-refractivity contribution is 0.225. The maximum absolute atomic E-state index is 11.5. The maximum atomic E-state index is 11.5. The molecule has 1 aliphatic rings. The Balaban J connectivity index is 1.59. The first-order chi connectivity index (χ1) is 12.0. The van der Waals surface area contributed by atoms with Crippen LogP contribution in [0.1, 0.15) is 12.0 Å². The van der Waals surface area contributed by atoms with E-state index in [1.807, 2.05) is 31.3 Å². The molecule has 3 rings (SSSR count). The Hall–Kier alpha value is -2.05. The van der Waals surface area contributed by atoms with E-state index in [0.717, 1.165) is 37.5 Å². The predicted molar refractivity (Wildman–Crippen MR) is 100 cm³/mol. The van der Waals surface area contributed by atoms with Crippen molar-refractivity contribution < 1.29 is 13.2 Å². The Morgan fingerprint density at radius 3 is 2.40 bits per heavy atom. The summed E-state index contributed by atoms with van der Waals surface area (Å²) < 4.78 is 29.2. The lowest BCUT2D eigenvalue weighted by atomic mass is 10.2. The van der Waals surface area contributed by atoms with Gasteiger partial charge in [-0.15, -0.1) is 0 Å². The van der Waals surface area contributed by atoms with E-state index in [1.54, 1.807) is 12.1 Å². The number of rotatable bonds is 6. The molecule has 2 aromatic rings. The zero-order valence-electron chi connectivity index (χ0n) is 14.6. The van der Waals surface area contributed by atoms with Gasteiger partial charge in [-0.3, -0.25) is 0 Å². The summed E-state index contributed by atoms with van der Waals surface area (Å²) in [6.45, 7) is 2.55. The molecule has 1 N–H and O–H groups in total. The predicted octanol–water partition coefficient (Wildman–Crippen LogP) is 2.47. The molecule has 2 aromatic carbocycles. The van der Waals surface area contributed by atoms with Gasteiger partial charge in [-0.1, -0.05) is 12.1 Å². The molecular weight excluding hydrogens is 336 g/mol. The lowest BCUT2D eigenvalue weighted by Crippen LogP contribution is -2.24. The average molecular weight is 360 g/mol. The fraction of sp³-hybridized carbons (Fsp3) is 0.368. The van der Waals surface area contributed by atoms with E-state index in [1.165, 1.54) is 11.8 Å². The Morgan fingerprint density at radius 2 is 1.80 bits per heavy atom. The molecule has 0 spiro atoms. The molecule has 1 atom stereocenters. The molecule has 6 heteroatoms. The highest BCUT2D eigenvalue weighted by Crippen LogP contribution is 2.25. The van der Waals surface area contributed by atoms with Crippen molar-refractivity contribution in [2.75, 3.05) is 31.3 Å². The SMILES string of the molecule is CNCc1ccc(OC2CCN(c3ccc(S(C)(=O)=O)cc3)C2)cc1. The smallest absolute Gasteiger partial charge is 0.175 e. The van der Waals surface area contributed by atoms with Gasteiger partial charge in [-0.05, 0) is 49.0 Å². The second kappa shape index (κ2) is 7.45. The van der Waals surface area contributed by atoms with Gasteiger partial charge in [0.25, 0.3) is 0 Å². The molecule has 1 heterocycles. The van der Waals surface area contributed by atoms with E-state index in [4.69, 9.17) is 4.74 Å². The van der Waals surface area contributed by atoms with Crippen LogP contribution < -0.4 is 15.0 Å². The highest BCUT2D eigenvalue weighted by molar-refractivity contribution is 7.90. The second-order valence-corrected chi connectivity index (χ2v) is 8.43. The van der Waals surface area contributed by atoms with Gasteiger partial charge in [0, 0.05) is 31.5 Å². The van der Waals surface area contributed by atoms with Gasteiger partial charge in [-0.2, -0.15) is 0 Å². The largest absolute Gasteiger partial charge is 0.489 e. The number of sulfone groups is 1. The van der Waals surface area contributed by atoms with Crippen LogP contribution in [-0.2, 0) is 16.4 Å². The van der Waals surface area contributed by atoms with Crippen LogP contribution in [0.25, 0.3) is 0 Å². The third-order valence-corrected chi connectivity index (χ3v) is 5.51. The molecule has 134 valence electrons. The van der Waals surface area contributed by atoms with Gasteiger partial charge in [-0.25, -0.2) is 8.42 Å². The Labute approximate surface area is 149 Å². The van der Waals surface area contributed by atoms with Crippen LogP contribution in [-0.4, -0.2) is 40.9 Å². The number of benzene rings is 2. The van der Waals surface area contributed by atoms with E-state index in [0.29, 0.717) is 4.90 Å². The lowest BCUT2D eigenvalue weighted by Gasteiger charge is -2.19. The zero-order chi connectivity index (χ0) is 17.9. The normalized spacial score (nSPS) is 17.7. The van der Waals surface area contributed by atoms with E-state index in [-0.39, 0.29) is 6.10 Å². The summed E-state index contributed by atoms with van der Waals surface area (Å²) in [5.74, 6) is 0.888. The molecule has 0 aromatic heterocycles. The van der Waals surface area contributed by atoms with Crippen LogP contribution in [0.5, 0.6) is 5.75 Å². The molecule has 25 heavy (non-hydrogen) atoms. The van der Waals surface area contributed by atoms with Crippen LogP contribution in [0.3, 0.4) is 0 Å². The Bertz CT molecular complexity index is 802. The van der Waals surface area contributed by atoms with E-state index in [2.05, 4.69) is 22.3 Å². The quantitative estimate of drug-likeness (QED) is 0.858. The topological polar surface area (TPSA) is 58.6 Å². The van der Waals surface area contributed by atoms with Crippen LogP contribution in [0.4, 0.5) is 5.69 Å². The number of ether oxygens (including phenoxy) is 1. The van der Waals surface area contributed by atoms with Crippen molar-refractivity contribution in [3.8, 4) is 5.75 Å². The monoisotopic (exact) mass is 360 g/mol. The fourth-order valence-electron chi connectivity index (χ4n) is 3.05. The summed E-state index contributed by atoms with van der Waals surface area (Å²) in [5, 5.41) is 3.13. The second-order valence-electron chi connectivity index (χ2n) is 6.41. The molecule has 1 unspecified atom stereocenters. The van der Waals surface area contributed by atoms with Crippen LogP contribution in [0, 0.1) is 0 Å². The van der Waals surface area contributed by atoms with E-state index in [9.17, 15) is 8.42 Å². The molecule has 1 saturated heterocycles. The summed E-state index contributed by atoms with van der Waals surface area (Å²) >= 11 is 0. The minimum atomic E-state index is -3.15. The van der Waals surface area contributed by atoms with Gasteiger partial charge < -0.3 is 15.0 Å². The first kappa shape index (κ1) is 17.8. The summed E-state index contributed by atoms with van der Waals surface area (Å²) in [6.07, 6.45) is 2.32. The van der Waals surface area contributed by atoms with Crippen molar-refractivity contribution in [1.29, 1.82) is 0 Å². The van der Waals surface area contributed by atoms with Crippen molar-refractivity contribution in [2.24, 2.45) is 0 Å². The summed E-state index contributed by atoms with van der Waals surface area (Å²) in [7, 11) is -1.22. The Morgan fingerprint density at radius 1 is 1.12 bits per heavy atom. The molecule has 5 nitrogen and oxygen atoms in total. The van der Waals surface area contributed by atoms with Crippen molar-refractivity contribution in [3.05, 3.63) is 54.1 Å². The van der Waals surface area contributed by atoms with Crippen LogP contribution >= 0.6 is 0 Å². The van der Waals surface area contributed by atoms with Gasteiger partial charge in [0.15, 0.2) is 9.84 Å². The van der Waals surface area contributed by atoms with Crippen LogP contribution in [0.15, 0.2) is 53.4 Å². The van der Waals surface area contributed by atoms with Gasteiger partial charge in [0.1, 0.15) is 11.9 Å². The fourth-order valence-corrected chi connectivity index (χ4v) is 3.68.